The summed E-state index contributed by atoms with van der Waals surface area (Å²) >= 11 is 0. The van der Waals surface area contributed by atoms with E-state index in [1.807, 2.05) is 12.1 Å². The van der Waals surface area contributed by atoms with Crippen molar-refractivity contribution < 1.29 is 4.39 Å². The van der Waals surface area contributed by atoms with Crippen LogP contribution in [0.2, 0.25) is 0 Å². The van der Waals surface area contributed by atoms with E-state index < -0.39 is 0 Å². The van der Waals surface area contributed by atoms with Crippen molar-refractivity contribution in [2.45, 2.75) is 96.8 Å². The van der Waals surface area contributed by atoms with Gasteiger partial charge in [0, 0.05) is 0 Å². The molecule has 1 heteroatoms. The van der Waals surface area contributed by atoms with Crippen molar-refractivity contribution in [1.29, 1.82) is 0 Å². The van der Waals surface area contributed by atoms with Gasteiger partial charge in [0.1, 0.15) is 5.82 Å². The topological polar surface area (TPSA) is 0 Å². The summed E-state index contributed by atoms with van der Waals surface area (Å²) in [5, 5.41) is 0. The number of benzene rings is 1. The number of unbranched alkanes of at least 4 members (excludes halogenated alkanes) is 1. The van der Waals surface area contributed by atoms with Gasteiger partial charge in [-0.05, 0) is 79.9 Å². The van der Waals surface area contributed by atoms with Crippen LogP contribution in [0.4, 0.5) is 4.39 Å². The van der Waals surface area contributed by atoms with E-state index in [4.69, 9.17) is 0 Å². The standard InChI is InChI=1S/C25H39F/c1-2-5-20-8-14-23(15-9-20)24-16-10-21(11-17-24)6-3-4-7-22-12-18-25(26)19-13-22/h12-13,18-21,23-24H,2-11,14-17H2,1H3/t20-,21?,23-,24?. The fraction of sp³-hybridized carbons (Fsp3) is 0.760. The number of rotatable bonds is 8. The second-order valence-corrected chi connectivity index (χ2v) is 9.22. The van der Waals surface area contributed by atoms with Gasteiger partial charge in [-0.15, -0.1) is 0 Å². The highest BCUT2D eigenvalue weighted by Gasteiger charge is 2.30. The minimum Gasteiger partial charge on any atom is -0.207 e. The molecule has 0 spiro atoms. The molecule has 2 fully saturated rings. The van der Waals surface area contributed by atoms with Gasteiger partial charge in [-0.2, -0.15) is 0 Å². The smallest absolute Gasteiger partial charge is 0.123 e. The third-order valence-electron chi connectivity index (χ3n) is 7.39. The molecule has 2 aliphatic rings. The number of hydrogen-bond donors (Lipinski definition) is 0. The SMILES string of the molecule is CCC[C@H]1CC[C@H](C2CCC(CCCCc3ccc(F)cc3)CC2)CC1. The molecule has 2 aliphatic carbocycles. The molecule has 26 heavy (non-hydrogen) atoms. The Kier molecular flexibility index (Phi) is 8.02. The lowest BCUT2D eigenvalue weighted by Gasteiger charge is -2.38. The van der Waals surface area contributed by atoms with Crippen molar-refractivity contribution in [3.05, 3.63) is 35.6 Å². The van der Waals surface area contributed by atoms with Gasteiger partial charge < -0.3 is 0 Å². The average Bonchev–Trinajstić information content (AvgIpc) is 2.68. The predicted octanol–water partition coefficient (Wildman–Crippen LogP) is 7.95. The fourth-order valence-electron chi connectivity index (χ4n) is 5.72. The summed E-state index contributed by atoms with van der Waals surface area (Å²) in [5.41, 5.74) is 1.29. The first-order chi connectivity index (χ1) is 12.7. The molecule has 0 heterocycles. The molecule has 0 atom stereocenters. The molecule has 0 N–H and O–H groups in total. The molecule has 0 aliphatic heterocycles. The van der Waals surface area contributed by atoms with E-state index in [1.165, 1.54) is 89.0 Å². The maximum atomic E-state index is 12.9. The highest BCUT2D eigenvalue weighted by molar-refractivity contribution is 5.15. The van der Waals surface area contributed by atoms with Crippen molar-refractivity contribution in [3.8, 4) is 0 Å². The van der Waals surface area contributed by atoms with Gasteiger partial charge in [0.2, 0.25) is 0 Å². The molecule has 0 amide bonds. The van der Waals surface area contributed by atoms with Crippen LogP contribution in [-0.4, -0.2) is 0 Å². The van der Waals surface area contributed by atoms with E-state index in [9.17, 15) is 4.39 Å². The van der Waals surface area contributed by atoms with Gasteiger partial charge in [-0.1, -0.05) is 70.4 Å². The normalized spacial score (nSPS) is 29.6. The van der Waals surface area contributed by atoms with Gasteiger partial charge >= 0.3 is 0 Å². The lowest BCUT2D eigenvalue weighted by Crippen LogP contribution is -2.25. The minimum atomic E-state index is -0.121. The number of hydrogen-bond acceptors (Lipinski definition) is 0. The molecule has 0 saturated heterocycles. The van der Waals surface area contributed by atoms with E-state index in [0.717, 1.165) is 30.1 Å². The van der Waals surface area contributed by atoms with Crippen LogP contribution in [0.15, 0.2) is 24.3 Å². The third kappa shape index (κ3) is 6.10. The van der Waals surface area contributed by atoms with Gasteiger partial charge in [0.05, 0.1) is 0 Å². The van der Waals surface area contributed by atoms with E-state index in [-0.39, 0.29) is 5.82 Å². The van der Waals surface area contributed by atoms with Gasteiger partial charge in [-0.25, -0.2) is 4.39 Å². The Bertz CT molecular complexity index is 489. The molecule has 0 bridgehead atoms. The summed E-state index contributed by atoms with van der Waals surface area (Å²) in [7, 11) is 0. The first-order valence-corrected chi connectivity index (χ1v) is 11.5. The summed E-state index contributed by atoms with van der Waals surface area (Å²) in [6.45, 7) is 2.34. The van der Waals surface area contributed by atoms with Crippen LogP contribution in [0, 0.1) is 29.5 Å². The molecule has 0 aromatic heterocycles. The van der Waals surface area contributed by atoms with Crippen molar-refractivity contribution in [2.75, 3.05) is 0 Å². The summed E-state index contributed by atoms with van der Waals surface area (Å²) in [6.07, 6.45) is 20.0. The van der Waals surface area contributed by atoms with Crippen molar-refractivity contribution >= 4 is 0 Å². The van der Waals surface area contributed by atoms with Crippen LogP contribution in [0.1, 0.15) is 96.0 Å². The molecule has 3 rings (SSSR count). The van der Waals surface area contributed by atoms with Gasteiger partial charge in [0.25, 0.3) is 0 Å². The molecule has 1 aromatic rings. The van der Waals surface area contributed by atoms with E-state index in [0.29, 0.717) is 0 Å². The molecule has 2 saturated carbocycles. The van der Waals surface area contributed by atoms with Crippen molar-refractivity contribution in [3.63, 3.8) is 0 Å². The van der Waals surface area contributed by atoms with Gasteiger partial charge in [0.15, 0.2) is 0 Å². The molecule has 0 radical (unpaired) electrons. The average molecular weight is 359 g/mol. The molecule has 0 unspecified atom stereocenters. The molecule has 0 nitrogen and oxygen atoms in total. The second kappa shape index (κ2) is 10.5. The maximum absolute atomic E-state index is 12.9. The monoisotopic (exact) mass is 358 g/mol. The molecular weight excluding hydrogens is 319 g/mol. The Morgan fingerprint density at radius 3 is 1.81 bits per heavy atom. The first kappa shape index (κ1) is 19.9. The summed E-state index contributed by atoms with van der Waals surface area (Å²) in [6, 6.07) is 7.06. The van der Waals surface area contributed by atoms with Crippen molar-refractivity contribution in [1.82, 2.24) is 0 Å². The molecule has 146 valence electrons. The fourth-order valence-corrected chi connectivity index (χ4v) is 5.72. The highest BCUT2D eigenvalue weighted by Crippen LogP contribution is 2.43. The third-order valence-corrected chi connectivity index (χ3v) is 7.39. The maximum Gasteiger partial charge on any atom is 0.123 e. The Morgan fingerprint density at radius 1 is 0.731 bits per heavy atom. The van der Waals surface area contributed by atoms with Crippen LogP contribution in [0.3, 0.4) is 0 Å². The molecule has 1 aromatic carbocycles. The first-order valence-electron chi connectivity index (χ1n) is 11.5. The van der Waals surface area contributed by atoms with Crippen LogP contribution in [0.25, 0.3) is 0 Å². The Morgan fingerprint density at radius 2 is 1.27 bits per heavy atom. The largest absolute Gasteiger partial charge is 0.207 e. The van der Waals surface area contributed by atoms with E-state index in [1.54, 1.807) is 12.1 Å². The second-order valence-electron chi connectivity index (χ2n) is 9.22. The lowest BCUT2D eigenvalue weighted by atomic mass is 9.68. The number of halogens is 1. The lowest BCUT2D eigenvalue weighted by molar-refractivity contribution is 0.140. The van der Waals surface area contributed by atoms with Crippen molar-refractivity contribution in [2.24, 2.45) is 23.7 Å². The summed E-state index contributed by atoms with van der Waals surface area (Å²) in [4.78, 5) is 0. The van der Waals surface area contributed by atoms with Crippen LogP contribution in [0.5, 0.6) is 0 Å². The highest BCUT2D eigenvalue weighted by atomic mass is 19.1. The zero-order valence-electron chi connectivity index (χ0n) is 16.9. The summed E-state index contributed by atoms with van der Waals surface area (Å²) in [5.74, 6) is 4.02. The van der Waals surface area contributed by atoms with E-state index in [2.05, 4.69) is 6.92 Å². The zero-order valence-corrected chi connectivity index (χ0v) is 16.9. The van der Waals surface area contributed by atoms with E-state index >= 15 is 0 Å². The Labute approximate surface area is 161 Å². The van der Waals surface area contributed by atoms with Crippen LogP contribution in [-0.2, 0) is 6.42 Å². The number of aryl methyl sites for hydroxylation is 1. The predicted molar refractivity (Wildman–Crippen MR) is 110 cm³/mol. The Hall–Kier alpha value is -0.850. The zero-order chi connectivity index (χ0) is 18.2. The molecular formula is C25H39F. The quantitative estimate of drug-likeness (QED) is 0.413. The summed E-state index contributed by atoms with van der Waals surface area (Å²) < 4.78 is 12.9. The minimum absolute atomic E-state index is 0.121. The van der Waals surface area contributed by atoms with Crippen LogP contribution >= 0.6 is 0 Å². The Balaban J connectivity index is 1.27. The van der Waals surface area contributed by atoms with Crippen LogP contribution < -0.4 is 0 Å². The van der Waals surface area contributed by atoms with Gasteiger partial charge in [-0.3, -0.25) is 0 Å².